The van der Waals surface area contributed by atoms with Crippen LogP contribution >= 0.6 is 0 Å². The Balaban J connectivity index is 0.628. The van der Waals surface area contributed by atoms with E-state index in [0.717, 1.165) is 173 Å². The Labute approximate surface area is 794 Å². The molecule has 642 valence electrons. The van der Waals surface area contributed by atoms with Gasteiger partial charge in [0.05, 0.1) is 77.6 Å². The zero-order chi connectivity index (χ0) is 90.6. The maximum Gasteiger partial charge on any atom is 0.161 e. The standard InChI is InChI=1S/C130H82N8/c1-7-30-83(31-8-1)101-50-29-51-102(84-32-9-2-10-33-84)129(101)130-131-115(93-34-27-44-99(72-93)137-125-68-60-89(85-56-64-121-107(74-85)103-46-19-23-52-117(103)133(121)95-36-11-3-12-37-95)78-111(125)112-79-90(61-69-126(112)137)86-57-65-122-108(75-86)104-47-20-24-53-118(104)134(122)96-38-13-4-14-39-96)82-116(132-130)94-35-28-45-100(73-94)138-127-70-62-91(87-58-66-123-109(76-87)105-48-21-25-54-119(105)135(123)97-40-15-5-16-41-97)80-113(127)114-81-92(63-71-128(114)138)88-59-67-124-110(77-88)106-49-22-26-55-120(106)136(124)98-42-17-6-18-43-98/h1-82H. The molecule has 0 unspecified atom stereocenters. The fraction of sp³-hybridized carbons (Fsp3) is 0. The van der Waals surface area contributed by atoms with Crippen molar-refractivity contribution in [3.8, 4) is 135 Å². The average Bonchev–Trinajstić information content (AvgIpc) is 1.58. The Bertz CT molecular complexity index is 8840. The van der Waals surface area contributed by atoms with Gasteiger partial charge in [0, 0.05) is 115 Å². The lowest BCUT2D eigenvalue weighted by atomic mass is 9.91. The van der Waals surface area contributed by atoms with Crippen LogP contribution in [0.5, 0.6) is 0 Å². The van der Waals surface area contributed by atoms with Crippen molar-refractivity contribution >= 4 is 131 Å². The first-order valence-electron chi connectivity index (χ1n) is 47.3. The molecule has 0 spiro atoms. The molecule has 0 fully saturated rings. The Morgan fingerprint density at radius 2 is 0.319 bits per heavy atom. The fourth-order valence-electron chi connectivity index (χ4n) is 22.3. The summed E-state index contributed by atoms with van der Waals surface area (Å²) in [7, 11) is 0. The molecule has 0 bridgehead atoms. The van der Waals surface area contributed by atoms with Crippen LogP contribution in [0, 0.1) is 0 Å². The highest BCUT2D eigenvalue weighted by Gasteiger charge is 2.27. The van der Waals surface area contributed by atoms with Gasteiger partial charge in [0.2, 0.25) is 0 Å². The number of hydrogen-bond donors (Lipinski definition) is 0. The molecule has 138 heavy (non-hydrogen) atoms. The maximum atomic E-state index is 5.91. The van der Waals surface area contributed by atoms with Crippen LogP contribution in [0.1, 0.15) is 0 Å². The summed E-state index contributed by atoms with van der Waals surface area (Å²) < 4.78 is 14.5. The van der Waals surface area contributed by atoms with Gasteiger partial charge < -0.3 is 27.4 Å². The molecule has 21 aromatic carbocycles. The van der Waals surface area contributed by atoms with Gasteiger partial charge in [0.15, 0.2) is 5.82 Å². The third-order valence-corrected chi connectivity index (χ3v) is 28.6. The van der Waals surface area contributed by atoms with E-state index < -0.39 is 0 Å². The molecule has 0 aliphatic rings. The second-order valence-electron chi connectivity index (χ2n) is 36.3. The van der Waals surface area contributed by atoms with Crippen molar-refractivity contribution in [3.63, 3.8) is 0 Å². The van der Waals surface area contributed by atoms with Crippen LogP contribution in [0.3, 0.4) is 0 Å². The lowest BCUT2D eigenvalue weighted by Crippen LogP contribution is -2.01. The van der Waals surface area contributed by atoms with Crippen LogP contribution in [0.4, 0.5) is 0 Å². The fourth-order valence-corrected chi connectivity index (χ4v) is 22.3. The molecule has 8 nitrogen and oxygen atoms in total. The number of hydrogen-bond acceptors (Lipinski definition) is 2. The zero-order valence-corrected chi connectivity index (χ0v) is 74.9. The topological polar surface area (TPSA) is 55.4 Å². The van der Waals surface area contributed by atoms with Gasteiger partial charge in [-0.1, -0.05) is 297 Å². The van der Waals surface area contributed by atoms with Gasteiger partial charge in [-0.05, 0) is 267 Å². The van der Waals surface area contributed by atoms with E-state index in [-0.39, 0.29) is 0 Å². The van der Waals surface area contributed by atoms with Gasteiger partial charge >= 0.3 is 0 Å². The minimum absolute atomic E-state index is 0.613. The molecule has 0 amide bonds. The van der Waals surface area contributed by atoms with Crippen LogP contribution < -0.4 is 0 Å². The van der Waals surface area contributed by atoms with Crippen molar-refractivity contribution in [1.29, 1.82) is 0 Å². The first kappa shape index (κ1) is 78.2. The Kier molecular flexibility index (Phi) is 17.9. The predicted octanol–water partition coefficient (Wildman–Crippen LogP) is 34.1. The Hall–Kier alpha value is -18.5. The van der Waals surface area contributed by atoms with Gasteiger partial charge in [-0.25, -0.2) is 9.97 Å². The maximum absolute atomic E-state index is 5.91. The van der Waals surface area contributed by atoms with E-state index in [1.807, 2.05) is 0 Å². The van der Waals surface area contributed by atoms with E-state index in [1.165, 1.54) is 87.2 Å². The highest BCUT2D eigenvalue weighted by atomic mass is 15.0. The normalized spacial score (nSPS) is 11.9. The third-order valence-electron chi connectivity index (χ3n) is 28.6. The summed E-state index contributed by atoms with van der Waals surface area (Å²) in [4.78, 5) is 11.8. The molecule has 0 N–H and O–H groups in total. The molecule has 7 heterocycles. The van der Waals surface area contributed by atoms with Crippen LogP contribution in [-0.2, 0) is 0 Å². The highest BCUT2D eigenvalue weighted by Crippen LogP contribution is 2.48. The number of nitrogens with zero attached hydrogens (tertiary/aromatic N) is 8. The molecule has 8 heteroatoms. The van der Waals surface area contributed by atoms with Crippen molar-refractivity contribution < 1.29 is 0 Å². The molecule has 0 atom stereocenters. The van der Waals surface area contributed by atoms with Crippen molar-refractivity contribution in [2.45, 2.75) is 0 Å². The summed E-state index contributed by atoms with van der Waals surface area (Å²) in [6.45, 7) is 0. The zero-order valence-electron chi connectivity index (χ0n) is 74.9. The minimum Gasteiger partial charge on any atom is -0.309 e. The second-order valence-corrected chi connectivity index (χ2v) is 36.3. The van der Waals surface area contributed by atoms with Crippen LogP contribution in [0.15, 0.2) is 497 Å². The first-order valence-corrected chi connectivity index (χ1v) is 47.3. The third kappa shape index (κ3) is 12.6. The summed E-state index contributed by atoms with van der Waals surface area (Å²) in [6, 6.07) is 183. The monoisotopic (exact) mass is 1750 g/mol. The number of benzene rings is 21. The van der Waals surface area contributed by atoms with E-state index >= 15 is 0 Å². The SMILES string of the molecule is c1ccc(-c2cccc(-c3ccccc3)c2-c2nc(-c3cccc(-n4c5ccc(-c6ccc7c(c6)c6ccccc6n7-c6ccccc6)cc5c5cc(-c6ccc7c(c6)c6ccccc6n7-c6ccccc6)ccc54)c3)cc(-c3cccc(-n4c5ccc(-c6ccc7c(c6)c6ccccc6n7-c6ccccc6)cc5c5cc(-c6ccc7c(c6)c6ccccc6n7-c6ccccc6)ccc54)c3)n2)cc1. The van der Waals surface area contributed by atoms with Gasteiger partial charge in [0.25, 0.3) is 0 Å². The highest BCUT2D eigenvalue weighted by molar-refractivity contribution is 6.18. The van der Waals surface area contributed by atoms with Gasteiger partial charge in [-0.3, -0.25) is 0 Å². The summed E-state index contributed by atoms with van der Waals surface area (Å²) in [6.07, 6.45) is 0. The van der Waals surface area contributed by atoms with Crippen molar-refractivity contribution in [3.05, 3.63) is 497 Å². The number of fused-ring (bicyclic) bond motifs is 18. The van der Waals surface area contributed by atoms with E-state index in [2.05, 4.69) is 525 Å². The van der Waals surface area contributed by atoms with Crippen LogP contribution in [0.2, 0.25) is 0 Å². The van der Waals surface area contributed by atoms with Gasteiger partial charge in [0.1, 0.15) is 0 Å². The molecule has 0 saturated carbocycles. The molecule has 7 aromatic heterocycles. The number of rotatable bonds is 15. The average molecular weight is 1760 g/mol. The number of para-hydroxylation sites is 8. The number of aromatic nitrogens is 8. The summed E-state index contributed by atoms with van der Waals surface area (Å²) >= 11 is 0. The molecule has 28 rings (SSSR count). The first-order chi connectivity index (χ1) is 68.4. The van der Waals surface area contributed by atoms with Crippen molar-refractivity contribution in [2.24, 2.45) is 0 Å². The molecular weight excluding hydrogens is 1670 g/mol. The largest absolute Gasteiger partial charge is 0.309 e. The second kappa shape index (κ2) is 31.6. The van der Waals surface area contributed by atoms with Crippen molar-refractivity contribution in [2.75, 3.05) is 0 Å². The smallest absolute Gasteiger partial charge is 0.161 e. The van der Waals surface area contributed by atoms with E-state index in [1.54, 1.807) is 0 Å². The van der Waals surface area contributed by atoms with Crippen LogP contribution in [0.25, 0.3) is 266 Å². The summed E-state index contributed by atoms with van der Waals surface area (Å²) in [5.41, 5.74) is 38.0. The quantitative estimate of drug-likeness (QED) is 0.103. The van der Waals surface area contributed by atoms with Crippen molar-refractivity contribution in [1.82, 2.24) is 37.4 Å². The van der Waals surface area contributed by atoms with Gasteiger partial charge in [-0.2, -0.15) is 0 Å². The van der Waals surface area contributed by atoms with E-state index in [9.17, 15) is 0 Å². The molecular formula is C130H82N8. The lowest BCUT2D eigenvalue weighted by Gasteiger charge is -2.17. The molecule has 0 radical (unpaired) electrons. The Morgan fingerprint density at radius 1 is 0.123 bits per heavy atom. The van der Waals surface area contributed by atoms with E-state index in [0.29, 0.717) is 5.82 Å². The molecule has 0 aliphatic carbocycles. The molecule has 28 aromatic rings. The predicted molar refractivity (Wildman–Crippen MR) is 577 cm³/mol. The Morgan fingerprint density at radius 3 is 0.580 bits per heavy atom. The summed E-state index contributed by atoms with van der Waals surface area (Å²) in [5, 5.41) is 14.3. The lowest BCUT2D eigenvalue weighted by molar-refractivity contribution is 1.16. The van der Waals surface area contributed by atoms with Crippen LogP contribution in [-0.4, -0.2) is 37.4 Å². The van der Waals surface area contributed by atoms with Gasteiger partial charge in [-0.15, -0.1) is 0 Å². The molecule has 0 saturated heterocycles. The minimum atomic E-state index is 0.613. The summed E-state index contributed by atoms with van der Waals surface area (Å²) in [5.74, 6) is 0.613. The molecule has 0 aliphatic heterocycles. The van der Waals surface area contributed by atoms with E-state index in [4.69, 9.17) is 9.97 Å².